The molecule has 2 aliphatic rings. The van der Waals surface area contributed by atoms with Gasteiger partial charge in [-0.25, -0.2) is 0 Å². The molecule has 1 N–H and O–H groups in total. The molecule has 3 heteroatoms. The minimum Gasteiger partial charge on any atom is -0.396 e. The fourth-order valence-electron chi connectivity index (χ4n) is 2.38. The van der Waals surface area contributed by atoms with Gasteiger partial charge in [-0.3, -0.25) is 0 Å². The number of aliphatic hydroxyl groups is 1. The highest BCUT2D eigenvalue weighted by Crippen LogP contribution is 2.54. The topological polar surface area (TPSA) is 38.7 Å². The predicted octanol–water partition coefficient (Wildman–Crippen LogP) is 1.73. The van der Waals surface area contributed by atoms with Crippen molar-refractivity contribution in [3.63, 3.8) is 0 Å². The van der Waals surface area contributed by atoms with Gasteiger partial charge in [0.2, 0.25) is 0 Å². The minimum absolute atomic E-state index is 0.0104. The van der Waals surface area contributed by atoms with E-state index in [2.05, 4.69) is 0 Å². The summed E-state index contributed by atoms with van der Waals surface area (Å²) in [5, 5.41) is 9.34. The Balaban J connectivity index is 1.72. The SMILES string of the molecule is OCC12COC(c3ccccc3)OCC1C2. The van der Waals surface area contributed by atoms with Crippen LogP contribution in [0, 0.1) is 11.3 Å². The monoisotopic (exact) mass is 220 g/mol. The molecule has 1 aliphatic heterocycles. The molecule has 1 aromatic carbocycles. The van der Waals surface area contributed by atoms with Gasteiger partial charge in [0.25, 0.3) is 0 Å². The highest BCUT2D eigenvalue weighted by molar-refractivity contribution is 5.16. The highest BCUT2D eigenvalue weighted by atomic mass is 16.7. The Kier molecular flexibility index (Phi) is 2.46. The molecule has 0 spiro atoms. The van der Waals surface area contributed by atoms with Crippen LogP contribution >= 0.6 is 0 Å². The lowest BCUT2D eigenvalue weighted by molar-refractivity contribution is -0.143. The summed E-state index contributed by atoms with van der Waals surface area (Å²) in [6, 6.07) is 9.96. The number of rotatable bonds is 2. The molecule has 1 aromatic rings. The van der Waals surface area contributed by atoms with Crippen molar-refractivity contribution in [3.8, 4) is 0 Å². The van der Waals surface area contributed by atoms with E-state index in [0.29, 0.717) is 19.1 Å². The van der Waals surface area contributed by atoms with Crippen molar-refractivity contribution in [3.05, 3.63) is 35.9 Å². The van der Waals surface area contributed by atoms with Crippen LogP contribution in [0.15, 0.2) is 30.3 Å². The van der Waals surface area contributed by atoms with Gasteiger partial charge in [0.15, 0.2) is 6.29 Å². The zero-order valence-corrected chi connectivity index (χ0v) is 9.13. The van der Waals surface area contributed by atoms with Crippen molar-refractivity contribution in [1.82, 2.24) is 0 Å². The van der Waals surface area contributed by atoms with Crippen molar-refractivity contribution >= 4 is 0 Å². The molecule has 2 fully saturated rings. The number of fused-ring (bicyclic) bond motifs is 1. The molecule has 16 heavy (non-hydrogen) atoms. The van der Waals surface area contributed by atoms with E-state index >= 15 is 0 Å². The zero-order chi connectivity index (χ0) is 11.0. The summed E-state index contributed by atoms with van der Waals surface area (Å²) in [7, 11) is 0. The van der Waals surface area contributed by atoms with Gasteiger partial charge in [-0.2, -0.15) is 0 Å². The van der Waals surface area contributed by atoms with Crippen molar-refractivity contribution < 1.29 is 14.6 Å². The Morgan fingerprint density at radius 2 is 2.06 bits per heavy atom. The lowest BCUT2D eigenvalue weighted by atomic mass is 10.1. The first-order valence-corrected chi connectivity index (χ1v) is 5.73. The first-order chi connectivity index (χ1) is 7.84. The van der Waals surface area contributed by atoms with Crippen LogP contribution in [0.4, 0.5) is 0 Å². The zero-order valence-electron chi connectivity index (χ0n) is 9.13. The van der Waals surface area contributed by atoms with E-state index in [4.69, 9.17) is 9.47 Å². The lowest BCUT2D eigenvalue weighted by Gasteiger charge is -2.18. The second-order valence-corrected chi connectivity index (χ2v) is 4.81. The van der Waals surface area contributed by atoms with Crippen LogP contribution in [-0.4, -0.2) is 24.9 Å². The highest BCUT2D eigenvalue weighted by Gasteiger charge is 2.55. The van der Waals surface area contributed by atoms with Crippen LogP contribution < -0.4 is 0 Å². The fraction of sp³-hybridized carbons (Fsp3) is 0.538. The predicted molar refractivity (Wildman–Crippen MR) is 58.7 cm³/mol. The van der Waals surface area contributed by atoms with E-state index in [-0.39, 0.29) is 18.3 Å². The molecule has 0 radical (unpaired) electrons. The minimum atomic E-state index is -0.266. The fourth-order valence-corrected chi connectivity index (χ4v) is 2.38. The maximum atomic E-state index is 9.34. The molecular formula is C13H16O3. The molecule has 1 saturated carbocycles. The maximum absolute atomic E-state index is 9.34. The Labute approximate surface area is 95.0 Å². The van der Waals surface area contributed by atoms with Gasteiger partial charge in [0, 0.05) is 11.0 Å². The van der Waals surface area contributed by atoms with E-state index < -0.39 is 0 Å². The summed E-state index contributed by atoms with van der Waals surface area (Å²) in [6.07, 6.45) is 0.766. The Morgan fingerprint density at radius 1 is 1.25 bits per heavy atom. The van der Waals surface area contributed by atoms with Crippen molar-refractivity contribution in [1.29, 1.82) is 0 Å². The second kappa shape index (κ2) is 3.84. The van der Waals surface area contributed by atoms with Gasteiger partial charge >= 0.3 is 0 Å². The van der Waals surface area contributed by atoms with Crippen LogP contribution in [0.2, 0.25) is 0 Å². The van der Waals surface area contributed by atoms with Crippen LogP contribution in [0.1, 0.15) is 18.3 Å². The Bertz CT molecular complexity index is 365. The van der Waals surface area contributed by atoms with Gasteiger partial charge in [-0.15, -0.1) is 0 Å². The summed E-state index contributed by atoms with van der Waals surface area (Å²) in [4.78, 5) is 0. The molecule has 3 nitrogen and oxygen atoms in total. The molecule has 1 saturated heterocycles. The third-order valence-electron chi connectivity index (χ3n) is 3.72. The largest absolute Gasteiger partial charge is 0.396 e. The summed E-state index contributed by atoms with van der Waals surface area (Å²) < 4.78 is 11.5. The molecule has 0 amide bonds. The summed E-state index contributed by atoms with van der Waals surface area (Å²) in [5.41, 5.74) is 1.04. The molecule has 0 bridgehead atoms. The first kappa shape index (κ1) is 10.3. The van der Waals surface area contributed by atoms with Crippen LogP contribution in [0.3, 0.4) is 0 Å². The standard InChI is InChI=1S/C13H16O3/c14-8-13-6-11(13)7-15-12(16-9-13)10-4-2-1-3-5-10/h1-5,11-12,14H,6-9H2. The molecule has 3 unspecified atom stereocenters. The van der Waals surface area contributed by atoms with E-state index in [1.807, 2.05) is 30.3 Å². The van der Waals surface area contributed by atoms with Crippen LogP contribution in [0.5, 0.6) is 0 Å². The number of aliphatic hydroxyl groups excluding tert-OH is 1. The van der Waals surface area contributed by atoms with E-state index in [9.17, 15) is 5.11 Å². The number of ether oxygens (including phenoxy) is 2. The van der Waals surface area contributed by atoms with Crippen LogP contribution in [0.25, 0.3) is 0 Å². The first-order valence-electron chi connectivity index (χ1n) is 5.73. The van der Waals surface area contributed by atoms with Crippen molar-refractivity contribution in [2.45, 2.75) is 12.7 Å². The lowest BCUT2D eigenvalue weighted by Crippen LogP contribution is -2.17. The Hall–Kier alpha value is -0.900. The second-order valence-electron chi connectivity index (χ2n) is 4.81. The number of hydrogen-bond donors (Lipinski definition) is 1. The van der Waals surface area contributed by atoms with E-state index in [1.165, 1.54) is 0 Å². The molecule has 3 atom stereocenters. The summed E-state index contributed by atoms with van der Waals surface area (Å²) >= 11 is 0. The quantitative estimate of drug-likeness (QED) is 0.825. The maximum Gasteiger partial charge on any atom is 0.183 e. The van der Waals surface area contributed by atoms with Gasteiger partial charge in [-0.1, -0.05) is 30.3 Å². The molecule has 1 heterocycles. The third-order valence-corrected chi connectivity index (χ3v) is 3.72. The average Bonchev–Trinajstić information content (AvgIpc) is 3.04. The van der Waals surface area contributed by atoms with Crippen molar-refractivity contribution in [2.24, 2.45) is 11.3 Å². The van der Waals surface area contributed by atoms with Crippen molar-refractivity contribution in [2.75, 3.05) is 19.8 Å². The van der Waals surface area contributed by atoms with Gasteiger partial charge < -0.3 is 14.6 Å². The van der Waals surface area contributed by atoms with Gasteiger partial charge in [0.1, 0.15) is 0 Å². The smallest absolute Gasteiger partial charge is 0.183 e. The molecule has 86 valence electrons. The van der Waals surface area contributed by atoms with E-state index in [1.54, 1.807) is 0 Å². The van der Waals surface area contributed by atoms with E-state index in [0.717, 1.165) is 12.0 Å². The van der Waals surface area contributed by atoms with Gasteiger partial charge in [0.05, 0.1) is 19.8 Å². The summed E-state index contributed by atoms with van der Waals surface area (Å²) in [6.45, 7) is 1.51. The number of hydrogen-bond acceptors (Lipinski definition) is 3. The van der Waals surface area contributed by atoms with Crippen LogP contribution in [-0.2, 0) is 9.47 Å². The molecule has 0 aromatic heterocycles. The molecule has 1 aliphatic carbocycles. The molecular weight excluding hydrogens is 204 g/mol. The van der Waals surface area contributed by atoms with Gasteiger partial charge in [-0.05, 0) is 12.3 Å². The summed E-state index contributed by atoms with van der Waals surface area (Å²) in [5.74, 6) is 0.478. The normalized spacial score (nSPS) is 37.6. The number of benzene rings is 1. The Morgan fingerprint density at radius 3 is 2.81 bits per heavy atom. The molecule has 3 rings (SSSR count). The average molecular weight is 220 g/mol. The third kappa shape index (κ3) is 1.65.